The number of aromatic nitrogens is 1. The molecule has 0 spiro atoms. The van der Waals surface area contributed by atoms with Gasteiger partial charge in [-0.15, -0.1) is 11.3 Å². The molecule has 1 rings (SSSR count). The fourth-order valence-electron chi connectivity index (χ4n) is 1.54. The van der Waals surface area contributed by atoms with Gasteiger partial charge in [-0.25, -0.2) is 4.98 Å². The number of hydrogen-bond acceptors (Lipinski definition) is 4. The van der Waals surface area contributed by atoms with Gasteiger partial charge in [0.1, 0.15) is 0 Å². The summed E-state index contributed by atoms with van der Waals surface area (Å²) < 4.78 is 0. The van der Waals surface area contributed by atoms with Crippen molar-refractivity contribution >= 4 is 24.0 Å². The second kappa shape index (κ2) is 6.51. The number of thiazole rings is 1. The van der Waals surface area contributed by atoms with Gasteiger partial charge >= 0.3 is 0 Å². The summed E-state index contributed by atoms with van der Waals surface area (Å²) in [6.07, 6.45) is 1.20. The van der Waals surface area contributed by atoms with Crippen LogP contribution in [0.3, 0.4) is 0 Å². The van der Waals surface area contributed by atoms with Crippen LogP contribution in [-0.2, 0) is 6.54 Å². The van der Waals surface area contributed by atoms with Gasteiger partial charge in [-0.1, -0.05) is 13.3 Å². The van der Waals surface area contributed by atoms with Gasteiger partial charge in [0.25, 0.3) is 0 Å². The van der Waals surface area contributed by atoms with Crippen LogP contribution >= 0.6 is 24.0 Å². The molecule has 1 atom stereocenters. The first-order chi connectivity index (χ1) is 7.17. The van der Waals surface area contributed by atoms with Gasteiger partial charge in [0.2, 0.25) is 0 Å². The number of hydrogen-bond donors (Lipinski definition) is 1. The molecule has 1 heterocycles. The van der Waals surface area contributed by atoms with Crippen molar-refractivity contribution in [2.45, 2.75) is 26.8 Å². The Labute approximate surface area is 102 Å². The fraction of sp³-hybridized carbons (Fsp3) is 0.727. The largest absolute Gasteiger partial charge is 0.301 e. The van der Waals surface area contributed by atoms with E-state index in [0.717, 1.165) is 18.8 Å². The minimum atomic E-state index is 0.701. The smallest absolute Gasteiger partial charge is 0.0798 e. The van der Waals surface area contributed by atoms with Crippen LogP contribution in [0.15, 0.2) is 5.51 Å². The lowest BCUT2D eigenvalue weighted by Gasteiger charge is -2.21. The van der Waals surface area contributed by atoms with Crippen LogP contribution in [-0.4, -0.2) is 29.2 Å². The van der Waals surface area contributed by atoms with Crippen molar-refractivity contribution in [2.75, 3.05) is 19.3 Å². The van der Waals surface area contributed by atoms with Gasteiger partial charge in [-0.3, -0.25) is 0 Å². The summed E-state index contributed by atoms with van der Waals surface area (Å²) in [7, 11) is 2.17. The van der Waals surface area contributed by atoms with E-state index in [2.05, 4.69) is 43.4 Å². The highest BCUT2D eigenvalue weighted by molar-refractivity contribution is 7.80. The van der Waals surface area contributed by atoms with Crippen LogP contribution < -0.4 is 0 Å². The highest BCUT2D eigenvalue weighted by atomic mass is 32.1. The van der Waals surface area contributed by atoms with Crippen molar-refractivity contribution in [3.8, 4) is 0 Å². The molecule has 4 heteroatoms. The Hall–Kier alpha value is -0.0600. The van der Waals surface area contributed by atoms with Crippen LogP contribution in [0.5, 0.6) is 0 Å². The first-order valence-corrected chi connectivity index (χ1v) is 6.87. The zero-order valence-electron chi connectivity index (χ0n) is 9.73. The van der Waals surface area contributed by atoms with E-state index in [-0.39, 0.29) is 0 Å². The lowest BCUT2D eigenvalue weighted by Crippen LogP contribution is -2.25. The molecule has 0 aromatic carbocycles. The SMILES string of the molecule is CCC(CS)CN(C)Cc1scnc1C. The van der Waals surface area contributed by atoms with Gasteiger partial charge in [0.05, 0.1) is 11.2 Å². The third-order valence-corrected chi connectivity index (χ3v) is 4.10. The number of nitrogens with zero attached hydrogens (tertiary/aromatic N) is 2. The second-order valence-electron chi connectivity index (χ2n) is 4.01. The molecule has 1 aromatic rings. The molecule has 0 amide bonds. The normalized spacial score (nSPS) is 13.4. The summed E-state index contributed by atoms with van der Waals surface area (Å²) in [5.41, 5.74) is 3.10. The average Bonchev–Trinajstić information content (AvgIpc) is 2.61. The second-order valence-corrected chi connectivity index (χ2v) is 5.32. The Morgan fingerprint density at radius 1 is 1.60 bits per heavy atom. The van der Waals surface area contributed by atoms with Gasteiger partial charge in [0.15, 0.2) is 0 Å². The number of thiol groups is 1. The predicted molar refractivity (Wildman–Crippen MR) is 70.8 cm³/mol. The maximum absolute atomic E-state index is 4.37. The van der Waals surface area contributed by atoms with Crippen molar-refractivity contribution in [1.82, 2.24) is 9.88 Å². The summed E-state index contributed by atoms with van der Waals surface area (Å²) in [5, 5.41) is 0. The average molecular weight is 244 g/mol. The lowest BCUT2D eigenvalue weighted by atomic mass is 10.1. The Morgan fingerprint density at radius 2 is 2.33 bits per heavy atom. The van der Waals surface area contributed by atoms with Crippen LogP contribution in [0.25, 0.3) is 0 Å². The van der Waals surface area contributed by atoms with Gasteiger partial charge in [-0.05, 0) is 25.6 Å². The molecule has 2 nitrogen and oxygen atoms in total. The molecule has 15 heavy (non-hydrogen) atoms. The third kappa shape index (κ3) is 4.13. The van der Waals surface area contributed by atoms with Crippen molar-refractivity contribution in [3.05, 3.63) is 16.1 Å². The minimum absolute atomic E-state index is 0.701. The summed E-state index contributed by atoms with van der Waals surface area (Å²) in [4.78, 5) is 8.01. The van der Waals surface area contributed by atoms with Crippen molar-refractivity contribution in [3.63, 3.8) is 0 Å². The van der Waals surface area contributed by atoms with E-state index in [1.165, 1.54) is 17.0 Å². The Morgan fingerprint density at radius 3 is 2.80 bits per heavy atom. The van der Waals surface area contributed by atoms with E-state index < -0.39 is 0 Å². The fourth-order valence-corrected chi connectivity index (χ4v) is 2.77. The molecule has 0 bridgehead atoms. The lowest BCUT2D eigenvalue weighted by molar-refractivity contribution is 0.279. The van der Waals surface area contributed by atoms with E-state index in [1.54, 1.807) is 11.3 Å². The first kappa shape index (κ1) is 13.0. The van der Waals surface area contributed by atoms with Crippen molar-refractivity contribution in [1.29, 1.82) is 0 Å². The third-order valence-electron chi connectivity index (χ3n) is 2.66. The Balaban J connectivity index is 2.42. The molecule has 0 aliphatic heterocycles. The molecule has 0 aliphatic rings. The maximum Gasteiger partial charge on any atom is 0.0798 e. The van der Waals surface area contributed by atoms with Crippen molar-refractivity contribution in [2.24, 2.45) is 5.92 Å². The van der Waals surface area contributed by atoms with E-state index in [9.17, 15) is 0 Å². The molecule has 0 aliphatic carbocycles. The summed E-state index contributed by atoms with van der Waals surface area (Å²) >= 11 is 6.12. The maximum atomic E-state index is 4.37. The topological polar surface area (TPSA) is 16.1 Å². The number of aryl methyl sites for hydroxylation is 1. The Bertz CT molecular complexity index is 282. The van der Waals surface area contributed by atoms with Crippen LogP contribution in [0.4, 0.5) is 0 Å². The zero-order valence-corrected chi connectivity index (χ0v) is 11.4. The van der Waals surface area contributed by atoms with Gasteiger partial charge in [-0.2, -0.15) is 12.6 Å². The molecule has 86 valence electrons. The van der Waals surface area contributed by atoms with Crippen LogP contribution in [0.1, 0.15) is 23.9 Å². The quantitative estimate of drug-likeness (QED) is 0.775. The molecule has 1 aromatic heterocycles. The summed E-state index contributed by atoms with van der Waals surface area (Å²) in [6, 6.07) is 0. The van der Waals surface area contributed by atoms with E-state index in [1.807, 2.05) is 5.51 Å². The molecular formula is C11H20N2S2. The van der Waals surface area contributed by atoms with Crippen LogP contribution in [0, 0.1) is 12.8 Å². The summed E-state index contributed by atoms with van der Waals surface area (Å²) in [6.45, 7) is 6.44. The minimum Gasteiger partial charge on any atom is -0.301 e. The highest BCUT2D eigenvalue weighted by Crippen LogP contribution is 2.15. The summed E-state index contributed by atoms with van der Waals surface area (Å²) in [5.74, 6) is 1.68. The number of rotatable bonds is 6. The molecular weight excluding hydrogens is 224 g/mol. The first-order valence-electron chi connectivity index (χ1n) is 5.35. The molecule has 0 fully saturated rings. The molecule has 1 unspecified atom stereocenters. The monoisotopic (exact) mass is 244 g/mol. The zero-order chi connectivity index (χ0) is 11.3. The Kier molecular flexibility index (Phi) is 5.64. The molecule has 0 radical (unpaired) electrons. The predicted octanol–water partition coefficient (Wildman–Crippen LogP) is 2.84. The van der Waals surface area contributed by atoms with Gasteiger partial charge < -0.3 is 4.90 Å². The molecule has 0 saturated carbocycles. The van der Waals surface area contributed by atoms with E-state index in [4.69, 9.17) is 0 Å². The highest BCUT2D eigenvalue weighted by Gasteiger charge is 2.10. The van der Waals surface area contributed by atoms with Crippen molar-refractivity contribution < 1.29 is 0 Å². The van der Waals surface area contributed by atoms with Gasteiger partial charge in [0, 0.05) is 18.0 Å². The van der Waals surface area contributed by atoms with Crippen LogP contribution in [0.2, 0.25) is 0 Å². The molecule has 0 saturated heterocycles. The standard InChI is InChI=1S/C11H20N2S2/c1-4-10(7-14)5-13(3)6-11-9(2)12-8-15-11/h8,10,14H,4-7H2,1-3H3. The van der Waals surface area contributed by atoms with E-state index >= 15 is 0 Å². The molecule has 0 N–H and O–H groups in total. The van der Waals surface area contributed by atoms with E-state index in [0.29, 0.717) is 5.92 Å².